The molecule has 0 unspecified atom stereocenters. The average Bonchev–Trinajstić information content (AvgIpc) is 3.24. The molecule has 2 aliphatic rings. The van der Waals surface area contributed by atoms with Gasteiger partial charge in [0, 0.05) is 22.7 Å². The van der Waals surface area contributed by atoms with Crippen LogP contribution in [0.15, 0.2) is 24.3 Å². The van der Waals surface area contributed by atoms with Crippen molar-refractivity contribution in [3.05, 3.63) is 34.9 Å². The summed E-state index contributed by atoms with van der Waals surface area (Å²) in [7, 11) is -3.00. The van der Waals surface area contributed by atoms with Gasteiger partial charge in [0.1, 0.15) is 6.04 Å². The van der Waals surface area contributed by atoms with Gasteiger partial charge in [-0.2, -0.15) is 0 Å². The van der Waals surface area contributed by atoms with Gasteiger partial charge in [-0.1, -0.05) is 36.6 Å². The van der Waals surface area contributed by atoms with Gasteiger partial charge in [0.25, 0.3) is 5.91 Å². The van der Waals surface area contributed by atoms with E-state index in [9.17, 15) is 13.2 Å². The number of hydrogen-bond acceptors (Lipinski definition) is 3. The zero-order valence-corrected chi connectivity index (χ0v) is 16.8. The maximum absolute atomic E-state index is 13.0. The Bertz CT molecular complexity index is 730. The molecule has 0 radical (unpaired) electrons. The predicted octanol–water partition coefficient (Wildman–Crippen LogP) is 1.92. The van der Waals surface area contributed by atoms with E-state index in [0.717, 1.165) is 31.2 Å². The Kier molecular flexibility index (Phi) is 6.25. The number of carbonyl (C=O) groups excluding carboxylic acids is 1. The van der Waals surface area contributed by atoms with Gasteiger partial charge in [-0.05, 0) is 38.3 Å². The number of carbonyl (C=O) groups is 1. The van der Waals surface area contributed by atoms with Crippen molar-refractivity contribution in [3.63, 3.8) is 0 Å². The van der Waals surface area contributed by atoms with Gasteiger partial charge in [-0.25, -0.2) is 8.42 Å². The zero-order valence-electron chi connectivity index (χ0n) is 15.2. The number of quaternary nitrogens is 1. The highest BCUT2D eigenvalue weighted by molar-refractivity contribution is 7.91. The topological polar surface area (TPSA) is 71.1 Å². The second kappa shape index (κ2) is 8.28. The highest BCUT2D eigenvalue weighted by atomic mass is 35.5. The number of nitrogens with two attached hydrogens (primary N) is 1. The van der Waals surface area contributed by atoms with E-state index in [-0.39, 0.29) is 35.5 Å². The summed E-state index contributed by atoms with van der Waals surface area (Å²) in [6.45, 7) is 2.41. The zero-order chi connectivity index (χ0) is 18.7. The molecule has 0 bridgehead atoms. The number of amides is 1. The molecule has 1 aliphatic carbocycles. The summed E-state index contributed by atoms with van der Waals surface area (Å²) >= 11 is 5.93. The van der Waals surface area contributed by atoms with Crippen molar-refractivity contribution in [2.24, 2.45) is 0 Å². The summed E-state index contributed by atoms with van der Waals surface area (Å²) in [5.41, 5.74) is 1.12. The van der Waals surface area contributed by atoms with Gasteiger partial charge in [0.15, 0.2) is 16.4 Å². The summed E-state index contributed by atoms with van der Waals surface area (Å²) in [5, 5.41) is 2.73. The fourth-order valence-electron chi connectivity index (χ4n) is 4.17. The van der Waals surface area contributed by atoms with E-state index in [4.69, 9.17) is 11.6 Å². The number of benzene rings is 1. The lowest BCUT2D eigenvalue weighted by molar-refractivity contribution is -0.683. The molecule has 2 fully saturated rings. The van der Waals surface area contributed by atoms with Gasteiger partial charge in [-0.15, -0.1) is 0 Å². The summed E-state index contributed by atoms with van der Waals surface area (Å²) in [6, 6.07) is 7.89. The molecule has 0 aromatic heterocycles. The Morgan fingerprint density at radius 2 is 1.85 bits per heavy atom. The van der Waals surface area contributed by atoms with Crippen LogP contribution < -0.4 is 5.32 Å². The fourth-order valence-corrected chi connectivity index (χ4v) is 6.01. The van der Waals surface area contributed by atoms with Crippen LogP contribution in [0.3, 0.4) is 0 Å². The third kappa shape index (κ3) is 4.78. The fraction of sp³-hybridized carbons (Fsp3) is 0.632. The van der Waals surface area contributed by atoms with Crippen molar-refractivity contribution in [2.45, 2.75) is 57.2 Å². The van der Waals surface area contributed by atoms with Gasteiger partial charge in [0.05, 0.1) is 11.5 Å². The first-order chi connectivity index (χ1) is 12.4. The van der Waals surface area contributed by atoms with Crippen molar-refractivity contribution in [1.29, 1.82) is 0 Å². The maximum Gasteiger partial charge on any atom is 0.278 e. The minimum atomic E-state index is -3.00. The summed E-state index contributed by atoms with van der Waals surface area (Å²) < 4.78 is 23.8. The van der Waals surface area contributed by atoms with Crippen LogP contribution in [0.4, 0.5) is 0 Å². The molecule has 1 heterocycles. The van der Waals surface area contributed by atoms with Crippen LogP contribution in [-0.4, -0.2) is 49.4 Å². The monoisotopic (exact) mass is 399 g/mol. The van der Waals surface area contributed by atoms with Crippen molar-refractivity contribution >= 4 is 27.3 Å². The molecule has 1 saturated carbocycles. The Morgan fingerprint density at radius 1 is 1.19 bits per heavy atom. The van der Waals surface area contributed by atoms with Crippen LogP contribution in [0.1, 0.15) is 50.6 Å². The molecule has 3 rings (SSSR count). The average molecular weight is 400 g/mol. The number of nitrogens with zero attached hydrogens (tertiary/aromatic N) is 1. The normalized spacial score (nSPS) is 23.8. The molecule has 1 aliphatic heterocycles. The van der Waals surface area contributed by atoms with Gasteiger partial charge < -0.3 is 10.2 Å². The van der Waals surface area contributed by atoms with E-state index in [1.807, 2.05) is 34.5 Å². The Hall–Kier alpha value is -1.11. The van der Waals surface area contributed by atoms with E-state index in [1.54, 1.807) is 0 Å². The number of sulfone groups is 1. The number of hydrogen-bond donors (Lipinski definition) is 1. The Labute approximate surface area is 161 Å². The molecule has 144 valence electrons. The van der Waals surface area contributed by atoms with Crippen LogP contribution in [0.2, 0.25) is 5.02 Å². The second-order valence-corrected chi connectivity index (χ2v) is 10.2. The van der Waals surface area contributed by atoms with Crippen LogP contribution >= 0.6 is 11.6 Å². The second-order valence-electron chi connectivity index (χ2n) is 7.58. The molecule has 1 aromatic rings. The molecular formula is C19H28ClN2O3S+. The number of rotatable bonds is 6. The lowest BCUT2D eigenvalue weighted by Gasteiger charge is -2.33. The van der Waals surface area contributed by atoms with E-state index in [1.165, 1.54) is 0 Å². The maximum atomic E-state index is 13.0. The number of halogens is 1. The summed E-state index contributed by atoms with van der Waals surface area (Å²) in [4.78, 5) is 14.9. The predicted molar refractivity (Wildman–Crippen MR) is 103 cm³/mol. The van der Waals surface area contributed by atoms with Crippen LogP contribution in [-0.2, 0) is 14.6 Å². The molecular weight excluding hydrogens is 372 g/mol. The van der Waals surface area contributed by atoms with Gasteiger partial charge in [0.2, 0.25) is 0 Å². The van der Waals surface area contributed by atoms with Crippen molar-refractivity contribution in [2.75, 3.05) is 18.1 Å². The smallest absolute Gasteiger partial charge is 0.278 e. The van der Waals surface area contributed by atoms with E-state index < -0.39 is 9.84 Å². The summed E-state index contributed by atoms with van der Waals surface area (Å²) in [6.07, 6.45) is 4.82. The highest BCUT2D eigenvalue weighted by Gasteiger charge is 2.39. The lowest BCUT2D eigenvalue weighted by Crippen LogP contribution is -2.87. The third-order valence-corrected chi connectivity index (χ3v) is 7.65. The van der Waals surface area contributed by atoms with Gasteiger partial charge in [-0.3, -0.25) is 4.79 Å². The van der Waals surface area contributed by atoms with E-state index >= 15 is 0 Å². The van der Waals surface area contributed by atoms with Crippen LogP contribution in [0.25, 0.3) is 0 Å². The molecule has 1 saturated heterocycles. The molecule has 1 aromatic carbocycles. The third-order valence-electron chi connectivity index (χ3n) is 5.65. The Balaban J connectivity index is 1.64. The molecule has 7 heteroatoms. The van der Waals surface area contributed by atoms with Gasteiger partial charge >= 0.3 is 0 Å². The molecule has 1 amide bonds. The van der Waals surface area contributed by atoms with Crippen LogP contribution in [0, 0.1) is 0 Å². The molecule has 2 N–H and O–H groups in total. The lowest BCUT2D eigenvalue weighted by atomic mass is 10.1. The highest BCUT2D eigenvalue weighted by Crippen LogP contribution is 2.29. The standard InChI is InChI=1S/C19H27ClN2O3S/c1-14(15-6-8-16(20)9-7-15)21-12-19(23)22(17-4-2-3-5-17)18-10-11-26(24,25)13-18/h6-9,14,17-18,21H,2-5,10-13H2,1H3/p+1/t14-,18-/m1/s1. The Morgan fingerprint density at radius 3 is 2.42 bits per heavy atom. The first-order valence-corrected chi connectivity index (χ1v) is 11.7. The first-order valence-electron chi connectivity index (χ1n) is 9.46. The van der Waals surface area contributed by atoms with Crippen molar-refractivity contribution in [3.8, 4) is 0 Å². The summed E-state index contributed by atoms with van der Waals surface area (Å²) in [5.74, 6) is 0.404. The molecule has 0 spiro atoms. The SMILES string of the molecule is C[C@@H]([NH2+]CC(=O)N(C1CCCC1)[C@@H]1CCS(=O)(=O)C1)c1ccc(Cl)cc1. The van der Waals surface area contributed by atoms with E-state index in [2.05, 4.69) is 6.92 Å². The molecule has 2 atom stereocenters. The van der Waals surface area contributed by atoms with Crippen molar-refractivity contribution < 1.29 is 18.5 Å². The quantitative estimate of drug-likeness (QED) is 0.794. The van der Waals surface area contributed by atoms with Crippen LogP contribution in [0.5, 0.6) is 0 Å². The first kappa shape index (κ1) is 19.6. The largest absolute Gasteiger partial charge is 0.333 e. The van der Waals surface area contributed by atoms with E-state index in [0.29, 0.717) is 18.0 Å². The minimum absolute atomic E-state index is 0.0693. The minimum Gasteiger partial charge on any atom is -0.333 e. The molecule has 26 heavy (non-hydrogen) atoms. The van der Waals surface area contributed by atoms with Crippen molar-refractivity contribution in [1.82, 2.24) is 4.90 Å². The molecule has 5 nitrogen and oxygen atoms in total.